The zero-order valence-corrected chi connectivity index (χ0v) is 17.6. The molecule has 1 fully saturated rings. The van der Waals surface area contributed by atoms with E-state index >= 15 is 0 Å². The number of fused-ring (bicyclic) bond motifs is 1. The molecule has 1 amide bonds. The van der Waals surface area contributed by atoms with E-state index in [0.29, 0.717) is 19.0 Å². The van der Waals surface area contributed by atoms with E-state index in [0.717, 1.165) is 55.2 Å². The average Bonchev–Trinajstić information content (AvgIpc) is 3.22. The molecular formula is C22H29N7O. The molecule has 1 atom stereocenters. The summed E-state index contributed by atoms with van der Waals surface area (Å²) in [6.07, 6.45) is 3.66. The van der Waals surface area contributed by atoms with Gasteiger partial charge < -0.3 is 20.1 Å². The lowest BCUT2D eigenvalue weighted by Gasteiger charge is -2.34. The normalized spacial score (nSPS) is 16.6. The zero-order valence-electron chi connectivity index (χ0n) is 17.6. The third-order valence-corrected chi connectivity index (χ3v) is 5.65. The standard InChI is InChI=1S/C22H29N7O/c1-3-28(4-2)21(30)16-8-7-13-29(15-16)22-23-12-11-19(27-22)24-14-20-25-17-9-5-6-10-18(17)26-20/h5-6,9-12,16H,3-4,7-8,13-15H2,1-2H3,(H,25,26)(H,23,24,27). The van der Waals surface area contributed by atoms with Gasteiger partial charge in [0.05, 0.1) is 23.5 Å². The maximum absolute atomic E-state index is 12.8. The van der Waals surface area contributed by atoms with Crippen molar-refractivity contribution in [1.29, 1.82) is 0 Å². The van der Waals surface area contributed by atoms with Gasteiger partial charge in [0.1, 0.15) is 11.6 Å². The third kappa shape index (κ3) is 4.37. The molecule has 2 N–H and O–H groups in total. The van der Waals surface area contributed by atoms with Crippen molar-refractivity contribution < 1.29 is 4.79 Å². The maximum Gasteiger partial charge on any atom is 0.227 e. The van der Waals surface area contributed by atoms with Crippen molar-refractivity contribution in [2.24, 2.45) is 5.92 Å². The van der Waals surface area contributed by atoms with Gasteiger partial charge in [-0.1, -0.05) is 12.1 Å². The summed E-state index contributed by atoms with van der Waals surface area (Å²) >= 11 is 0. The molecule has 0 spiro atoms. The van der Waals surface area contributed by atoms with Gasteiger partial charge in [0.2, 0.25) is 11.9 Å². The first-order valence-electron chi connectivity index (χ1n) is 10.7. The minimum Gasteiger partial charge on any atom is -0.363 e. The van der Waals surface area contributed by atoms with Crippen LogP contribution in [-0.4, -0.2) is 56.9 Å². The molecule has 4 rings (SSSR count). The molecule has 1 aromatic carbocycles. The number of H-pyrrole nitrogens is 1. The molecule has 0 aliphatic carbocycles. The fraction of sp³-hybridized carbons (Fsp3) is 0.455. The van der Waals surface area contributed by atoms with Gasteiger partial charge in [-0.15, -0.1) is 0 Å². The van der Waals surface area contributed by atoms with Crippen LogP contribution in [0.25, 0.3) is 11.0 Å². The predicted octanol–water partition coefficient (Wildman–Crippen LogP) is 3.05. The first kappa shape index (κ1) is 20.1. The van der Waals surface area contributed by atoms with Crippen molar-refractivity contribution in [3.63, 3.8) is 0 Å². The summed E-state index contributed by atoms with van der Waals surface area (Å²) in [6, 6.07) is 9.83. The van der Waals surface area contributed by atoms with E-state index in [9.17, 15) is 4.79 Å². The third-order valence-electron chi connectivity index (χ3n) is 5.65. The van der Waals surface area contributed by atoms with E-state index in [1.807, 2.05) is 49.1 Å². The van der Waals surface area contributed by atoms with Gasteiger partial charge in [0.15, 0.2) is 0 Å². The molecule has 158 valence electrons. The Morgan fingerprint density at radius 3 is 2.87 bits per heavy atom. The fourth-order valence-corrected chi connectivity index (χ4v) is 4.02. The van der Waals surface area contributed by atoms with Crippen molar-refractivity contribution in [1.82, 2.24) is 24.8 Å². The summed E-state index contributed by atoms with van der Waals surface area (Å²) in [5.74, 6) is 2.52. The Morgan fingerprint density at radius 2 is 2.07 bits per heavy atom. The number of imidazole rings is 1. The van der Waals surface area contributed by atoms with E-state index < -0.39 is 0 Å². The average molecular weight is 408 g/mol. The molecule has 8 nitrogen and oxygen atoms in total. The van der Waals surface area contributed by atoms with Crippen LogP contribution in [0.3, 0.4) is 0 Å². The number of aromatic nitrogens is 4. The number of carbonyl (C=O) groups is 1. The highest BCUT2D eigenvalue weighted by atomic mass is 16.2. The SMILES string of the molecule is CCN(CC)C(=O)C1CCCN(c2nccc(NCc3nc4ccccc4[nH]3)n2)C1. The number of carbonyl (C=O) groups excluding carboxylic acids is 1. The van der Waals surface area contributed by atoms with Gasteiger partial charge in [-0.3, -0.25) is 4.79 Å². The number of rotatable bonds is 7. The maximum atomic E-state index is 12.8. The topological polar surface area (TPSA) is 90.0 Å². The van der Waals surface area contributed by atoms with Crippen LogP contribution < -0.4 is 10.2 Å². The number of piperidine rings is 1. The van der Waals surface area contributed by atoms with Crippen molar-refractivity contribution in [3.8, 4) is 0 Å². The quantitative estimate of drug-likeness (QED) is 0.626. The van der Waals surface area contributed by atoms with E-state index in [1.54, 1.807) is 6.20 Å². The minimum absolute atomic E-state index is 0.00872. The van der Waals surface area contributed by atoms with Gasteiger partial charge in [-0.2, -0.15) is 4.98 Å². The van der Waals surface area contributed by atoms with Crippen LogP contribution in [0.2, 0.25) is 0 Å². The summed E-state index contributed by atoms with van der Waals surface area (Å²) in [5, 5.41) is 3.33. The lowest BCUT2D eigenvalue weighted by Crippen LogP contribution is -2.45. The first-order chi connectivity index (χ1) is 14.7. The summed E-state index contributed by atoms with van der Waals surface area (Å²) in [7, 11) is 0. The number of aromatic amines is 1. The van der Waals surface area contributed by atoms with Crippen LogP contribution in [0.4, 0.5) is 11.8 Å². The molecular weight excluding hydrogens is 378 g/mol. The Hall–Kier alpha value is -3.16. The molecule has 3 aromatic rings. The number of anilines is 2. The Morgan fingerprint density at radius 1 is 1.23 bits per heavy atom. The van der Waals surface area contributed by atoms with E-state index in [1.165, 1.54) is 0 Å². The second-order valence-electron chi connectivity index (χ2n) is 7.59. The monoisotopic (exact) mass is 407 g/mol. The molecule has 1 saturated heterocycles. The van der Waals surface area contributed by atoms with E-state index in [-0.39, 0.29) is 11.8 Å². The van der Waals surface area contributed by atoms with Gasteiger partial charge in [-0.05, 0) is 44.9 Å². The highest BCUT2D eigenvalue weighted by molar-refractivity contribution is 5.79. The highest BCUT2D eigenvalue weighted by Gasteiger charge is 2.29. The number of para-hydroxylation sites is 2. The Balaban J connectivity index is 1.41. The minimum atomic E-state index is 0.00872. The number of amides is 1. The molecule has 2 aromatic heterocycles. The van der Waals surface area contributed by atoms with Crippen LogP contribution >= 0.6 is 0 Å². The van der Waals surface area contributed by atoms with Crippen molar-refractivity contribution in [2.45, 2.75) is 33.2 Å². The van der Waals surface area contributed by atoms with Crippen molar-refractivity contribution in [3.05, 3.63) is 42.4 Å². The molecule has 3 heterocycles. The number of nitrogens with one attached hydrogen (secondary N) is 2. The molecule has 1 aliphatic heterocycles. The molecule has 8 heteroatoms. The number of hydrogen-bond donors (Lipinski definition) is 2. The van der Waals surface area contributed by atoms with Crippen molar-refractivity contribution in [2.75, 3.05) is 36.4 Å². The molecule has 1 unspecified atom stereocenters. The van der Waals surface area contributed by atoms with Crippen LogP contribution in [0.15, 0.2) is 36.5 Å². The number of nitrogens with zero attached hydrogens (tertiary/aromatic N) is 5. The Kier molecular flexibility index (Phi) is 6.11. The van der Waals surface area contributed by atoms with Gasteiger partial charge in [0, 0.05) is 32.4 Å². The fourth-order valence-electron chi connectivity index (χ4n) is 4.02. The Bertz CT molecular complexity index is 965. The molecule has 0 saturated carbocycles. The van der Waals surface area contributed by atoms with Crippen LogP contribution in [0.5, 0.6) is 0 Å². The molecule has 0 bridgehead atoms. The molecule has 0 radical (unpaired) electrons. The summed E-state index contributed by atoms with van der Waals surface area (Å²) in [4.78, 5) is 33.9. The van der Waals surface area contributed by atoms with Crippen LogP contribution in [0.1, 0.15) is 32.5 Å². The van der Waals surface area contributed by atoms with Crippen LogP contribution in [0, 0.1) is 5.92 Å². The second kappa shape index (κ2) is 9.11. The summed E-state index contributed by atoms with van der Waals surface area (Å²) < 4.78 is 0. The van der Waals surface area contributed by atoms with Crippen molar-refractivity contribution >= 4 is 28.7 Å². The van der Waals surface area contributed by atoms with Gasteiger partial charge in [-0.25, -0.2) is 9.97 Å². The largest absolute Gasteiger partial charge is 0.363 e. The predicted molar refractivity (Wildman–Crippen MR) is 118 cm³/mol. The first-order valence-corrected chi connectivity index (χ1v) is 10.7. The lowest BCUT2D eigenvalue weighted by molar-refractivity contribution is -0.135. The second-order valence-corrected chi connectivity index (χ2v) is 7.59. The number of hydrogen-bond acceptors (Lipinski definition) is 6. The summed E-state index contributed by atoms with van der Waals surface area (Å²) in [5.41, 5.74) is 1.98. The van der Waals surface area contributed by atoms with E-state index in [4.69, 9.17) is 0 Å². The zero-order chi connectivity index (χ0) is 20.9. The number of benzene rings is 1. The summed E-state index contributed by atoms with van der Waals surface area (Å²) in [6.45, 7) is 7.66. The lowest BCUT2D eigenvalue weighted by atomic mass is 9.96. The smallest absolute Gasteiger partial charge is 0.227 e. The van der Waals surface area contributed by atoms with E-state index in [2.05, 4.69) is 30.2 Å². The highest BCUT2D eigenvalue weighted by Crippen LogP contribution is 2.23. The van der Waals surface area contributed by atoms with Gasteiger partial charge >= 0.3 is 0 Å². The Labute approximate surface area is 176 Å². The van der Waals surface area contributed by atoms with Gasteiger partial charge in [0.25, 0.3) is 0 Å². The molecule has 1 aliphatic rings. The molecule has 30 heavy (non-hydrogen) atoms. The van der Waals surface area contributed by atoms with Crippen LogP contribution in [-0.2, 0) is 11.3 Å².